The van der Waals surface area contributed by atoms with Crippen LogP contribution < -0.4 is 5.73 Å². The predicted octanol–water partition coefficient (Wildman–Crippen LogP) is -1.06. The summed E-state index contributed by atoms with van der Waals surface area (Å²) in [6.07, 6.45) is 0.526. The Morgan fingerprint density at radius 1 is 1.57 bits per heavy atom. The Morgan fingerprint density at radius 2 is 2.21 bits per heavy atom. The first kappa shape index (κ1) is 10.6. The molecular weight excluding hydrogens is 188 g/mol. The molecule has 2 amide bonds. The van der Waals surface area contributed by atoms with Crippen molar-refractivity contribution < 1.29 is 19.5 Å². The molecule has 6 heteroatoms. The number of nitrogens with zero attached hydrogens (tertiary/aromatic N) is 1. The molecule has 1 fully saturated rings. The molecule has 6 nitrogen and oxygen atoms in total. The van der Waals surface area contributed by atoms with Crippen LogP contribution in [-0.4, -0.2) is 40.4 Å². The minimum absolute atomic E-state index is 0.268. The maximum Gasteiger partial charge on any atom is 0.305 e. The summed E-state index contributed by atoms with van der Waals surface area (Å²) in [4.78, 5) is 33.8. The van der Waals surface area contributed by atoms with Crippen LogP contribution in [0.1, 0.15) is 19.3 Å². The maximum absolute atomic E-state index is 11.4. The van der Waals surface area contributed by atoms with Crippen LogP contribution >= 0.6 is 0 Å². The summed E-state index contributed by atoms with van der Waals surface area (Å²) in [5.74, 6) is -2.00. The number of likely N-dealkylation sites (tertiary alicyclic amines) is 1. The van der Waals surface area contributed by atoms with E-state index in [1.807, 2.05) is 0 Å². The second-order valence-electron chi connectivity index (χ2n) is 3.19. The van der Waals surface area contributed by atoms with Crippen molar-refractivity contribution in [2.75, 3.05) is 6.54 Å². The van der Waals surface area contributed by atoms with Crippen molar-refractivity contribution in [2.45, 2.75) is 25.3 Å². The Morgan fingerprint density at radius 3 is 2.64 bits per heavy atom. The number of carboxylic acids is 1. The lowest BCUT2D eigenvalue weighted by Crippen LogP contribution is -2.45. The topological polar surface area (TPSA) is 101 Å². The first-order chi connectivity index (χ1) is 6.52. The van der Waals surface area contributed by atoms with Crippen LogP contribution in [0.15, 0.2) is 0 Å². The SMILES string of the molecule is N[C@@H](CC(=O)O)C(=O)N1CCCC1=O. The average Bonchev–Trinajstić information content (AvgIpc) is 2.48. The van der Waals surface area contributed by atoms with Crippen LogP contribution in [0.4, 0.5) is 0 Å². The molecular formula is C8H12N2O4. The quantitative estimate of drug-likeness (QED) is 0.604. The third kappa shape index (κ3) is 2.29. The smallest absolute Gasteiger partial charge is 0.305 e. The molecule has 1 aliphatic heterocycles. The monoisotopic (exact) mass is 200 g/mol. The number of nitrogens with two attached hydrogens (primary N) is 1. The molecule has 0 unspecified atom stereocenters. The second-order valence-corrected chi connectivity index (χ2v) is 3.19. The number of amides is 2. The van der Waals surface area contributed by atoms with E-state index in [-0.39, 0.29) is 5.91 Å². The van der Waals surface area contributed by atoms with Crippen LogP contribution in [0.5, 0.6) is 0 Å². The average molecular weight is 200 g/mol. The molecule has 14 heavy (non-hydrogen) atoms. The summed E-state index contributed by atoms with van der Waals surface area (Å²) in [6.45, 7) is 0.352. The number of hydrogen-bond acceptors (Lipinski definition) is 4. The molecule has 0 aromatic rings. The molecule has 0 aliphatic carbocycles. The van der Waals surface area contributed by atoms with E-state index in [2.05, 4.69) is 0 Å². The van der Waals surface area contributed by atoms with E-state index < -0.39 is 24.3 Å². The van der Waals surface area contributed by atoms with Gasteiger partial charge in [-0.15, -0.1) is 0 Å². The van der Waals surface area contributed by atoms with E-state index in [1.54, 1.807) is 0 Å². The summed E-state index contributed by atoms with van der Waals surface area (Å²) in [6, 6.07) is -1.12. The van der Waals surface area contributed by atoms with Crippen molar-refractivity contribution in [1.29, 1.82) is 0 Å². The molecule has 1 saturated heterocycles. The predicted molar refractivity (Wildman–Crippen MR) is 46.2 cm³/mol. The normalized spacial score (nSPS) is 18.4. The van der Waals surface area contributed by atoms with Gasteiger partial charge in [0.2, 0.25) is 11.8 Å². The molecule has 1 atom stereocenters. The zero-order chi connectivity index (χ0) is 10.7. The van der Waals surface area contributed by atoms with Crippen molar-refractivity contribution in [3.63, 3.8) is 0 Å². The van der Waals surface area contributed by atoms with Gasteiger partial charge in [0.15, 0.2) is 0 Å². The van der Waals surface area contributed by atoms with Crippen LogP contribution in [-0.2, 0) is 14.4 Å². The van der Waals surface area contributed by atoms with Crippen molar-refractivity contribution in [2.24, 2.45) is 5.73 Å². The molecule has 1 heterocycles. The molecule has 1 aliphatic rings. The lowest BCUT2D eigenvalue weighted by molar-refractivity contribution is -0.146. The summed E-state index contributed by atoms with van der Waals surface area (Å²) in [5.41, 5.74) is 5.34. The van der Waals surface area contributed by atoms with E-state index in [4.69, 9.17) is 10.8 Å². The van der Waals surface area contributed by atoms with E-state index in [9.17, 15) is 14.4 Å². The van der Waals surface area contributed by atoms with Gasteiger partial charge in [-0.25, -0.2) is 0 Å². The highest BCUT2D eigenvalue weighted by Crippen LogP contribution is 2.11. The van der Waals surface area contributed by atoms with Gasteiger partial charge in [-0.05, 0) is 6.42 Å². The van der Waals surface area contributed by atoms with Crippen LogP contribution in [0.3, 0.4) is 0 Å². The molecule has 0 aromatic heterocycles. The minimum atomic E-state index is -1.14. The molecule has 1 rings (SSSR count). The standard InChI is InChI=1S/C8H12N2O4/c9-5(4-7(12)13)8(14)10-3-1-2-6(10)11/h5H,1-4,9H2,(H,12,13)/t5-/m0/s1. The fraction of sp³-hybridized carbons (Fsp3) is 0.625. The highest BCUT2D eigenvalue weighted by Gasteiger charge is 2.30. The minimum Gasteiger partial charge on any atom is -0.481 e. The Bertz CT molecular complexity index is 277. The Kier molecular flexibility index (Phi) is 3.19. The van der Waals surface area contributed by atoms with Gasteiger partial charge >= 0.3 is 5.97 Å². The molecule has 0 spiro atoms. The van der Waals surface area contributed by atoms with Gasteiger partial charge in [-0.2, -0.15) is 0 Å². The number of rotatable bonds is 3. The van der Waals surface area contributed by atoms with Gasteiger partial charge in [0.1, 0.15) is 0 Å². The zero-order valence-corrected chi connectivity index (χ0v) is 7.60. The Balaban J connectivity index is 2.55. The third-order valence-electron chi connectivity index (χ3n) is 2.05. The number of carbonyl (C=O) groups excluding carboxylic acids is 2. The van der Waals surface area contributed by atoms with E-state index in [1.165, 1.54) is 0 Å². The summed E-state index contributed by atoms with van der Waals surface area (Å²) >= 11 is 0. The van der Waals surface area contributed by atoms with Crippen molar-refractivity contribution in [3.8, 4) is 0 Å². The first-order valence-electron chi connectivity index (χ1n) is 4.34. The van der Waals surface area contributed by atoms with Crippen molar-refractivity contribution in [3.05, 3.63) is 0 Å². The number of carbonyl (C=O) groups is 3. The zero-order valence-electron chi connectivity index (χ0n) is 7.60. The molecule has 3 N–H and O–H groups in total. The van der Waals surface area contributed by atoms with E-state index >= 15 is 0 Å². The number of aliphatic carboxylic acids is 1. The summed E-state index contributed by atoms with van der Waals surface area (Å²) in [5, 5.41) is 8.41. The van der Waals surface area contributed by atoms with E-state index in [0.717, 1.165) is 4.90 Å². The Labute approximate surface area is 80.7 Å². The number of carboxylic acid groups (broad SMARTS) is 1. The van der Waals surface area contributed by atoms with Crippen molar-refractivity contribution >= 4 is 17.8 Å². The first-order valence-corrected chi connectivity index (χ1v) is 4.34. The van der Waals surface area contributed by atoms with Crippen LogP contribution in [0.2, 0.25) is 0 Å². The van der Waals surface area contributed by atoms with Gasteiger partial charge < -0.3 is 10.8 Å². The second kappa shape index (κ2) is 4.19. The van der Waals surface area contributed by atoms with Gasteiger partial charge in [-0.1, -0.05) is 0 Å². The molecule has 0 radical (unpaired) electrons. The lowest BCUT2D eigenvalue weighted by Gasteiger charge is -2.17. The van der Waals surface area contributed by atoms with Gasteiger partial charge in [0.25, 0.3) is 0 Å². The number of imide groups is 1. The van der Waals surface area contributed by atoms with Gasteiger partial charge in [-0.3, -0.25) is 19.3 Å². The fourth-order valence-corrected chi connectivity index (χ4v) is 1.36. The van der Waals surface area contributed by atoms with Crippen LogP contribution in [0.25, 0.3) is 0 Å². The largest absolute Gasteiger partial charge is 0.481 e. The summed E-state index contributed by atoms with van der Waals surface area (Å²) < 4.78 is 0. The van der Waals surface area contributed by atoms with Gasteiger partial charge in [0, 0.05) is 13.0 Å². The van der Waals surface area contributed by atoms with Gasteiger partial charge in [0.05, 0.1) is 12.5 Å². The highest BCUT2D eigenvalue weighted by molar-refractivity contribution is 6.00. The number of hydrogen-bond donors (Lipinski definition) is 2. The molecule has 78 valence electrons. The molecule has 0 saturated carbocycles. The fourth-order valence-electron chi connectivity index (χ4n) is 1.36. The lowest BCUT2D eigenvalue weighted by atomic mass is 10.2. The highest BCUT2D eigenvalue weighted by atomic mass is 16.4. The molecule has 0 aromatic carbocycles. The maximum atomic E-state index is 11.4. The van der Waals surface area contributed by atoms with Crippen LogP contribution in [0, 0.1) is 0 Å². The summed E-state index contributed by atoms with van der Waals surface area (Å²) in [7, 11) is 0. The Hall–Kier alpha value is -1.43. The third-order valence-corrected chi connectivity index (χ3v) is 2.05. The van der Waals surface area contributed by atoms with E-state index in [0.29, 0.717) is 19.4 Å². The van der Waals surface area contributed by atoms with Crippen molar-refractivity contribution in [1.82, 2.24) is 4.90 Å². The molecule has 0 bridgehead atoms.